The van der Waals surface area contributed by atoms with Crippen LogP contribution >= 0.6 is 0 Å². The zero-order valence-corrected chi connectivity index (χ0v) is 19.7. The molecular weight excluding hydrogens is 332 g/mol. The predicted molar refractivity (Wildman–Crippen MR) is 120 cm³/mol. The first-order valence-electron chi connectivity index (χ1n) is 11.8. The first-order valence-corrected chi connectivity index (χ1v) is 15.2. The monoisotopic (exact) mass is 380 g/mol. The quantitative estimate of drug-likeness (QED) is 0.157. The van der Waals surface area contributed by atoms with E-state index >= 15 is 0 Å². The van der Waals surface area contributed by atoms with Gasteiger partial charge in [0.1, 0.15) is 0 Å². The molecule has 0 aromatic carbocycles. The fourth-order valence-corrected chi connectivity index (χ4v) is 4.99. The van der Waals surface area contributed by atoms with Crippen LogP contribution in [0.2, 0.25) is 19.6 Å². The lowest BCUT2D eigenvalue weighted by molar-refractivity contribution is 0.225. The number of hydrogen-bond donors (Lipinski definition) is 0. The molecule has 3 atom stereocenters. The molecule has 1 saturated carbocycles. The lowest BCUT2D eigenvalue weighted by Gasteiger charge is -2.23. The molecule has 1 aliphatic carbocycles. The highest BCUT2D eigenvalue weighted by atomic mass is 28.4. The van der Waals surface area contributed by atoms with Gasteiger partial charge in [-0.15, -0.1) is 0 Å². The van der Waals surface area contributed by atoms with Gasteiger partial charge in [-0.25, -0.2) is 0 Å². The summed E-state index contributed by atoms with van der Waals surface area (Å²) in [7, 11) is -1.35. The molecule has 0 radical (unpaired) electrons. The summed E-state index contributed by atoms with van der Waals surface area (Å²) in [6.45, 7) is 12.5. The van der Waals surface area contributed by atoms with Crippen molar-refractivity contribution in [1.82, 2.24) is 0 Å². The summed E-state index contributed by atoms with van der Waals surface area (Å²) in [5, 5.41) is 0. The lowest BCUT2D eigenvalue weighted by atomic mass is 9.89. The third-order valence-corrected chi connectivity index (χ3v) is 7.12. The van der Waals surface area contributed by atoms with Crippen molar-refractivity contribution in [2.45, 2.75) is 117 Å². The van der Waals surface area contributed by atoms with E-state index in [1.54, 1.807) is 0 Å². The van der Waals surface area contributed by atoms with Gasteiger partial charge in [-0.1, -0.05) is 70.9 Å². The highest BCUT2D eigenvalue weighted by Gasteiger charge is 2.24. The number of rotatable bonds is 15. The van der Waals surface area contributed by atoms with E-state index in [0.29, 0.717) is 0 Å². The van der Waals surface area contributed by atoms with Gasteiger partial charge in [-0.2, -0.15) is 0 Å². The van der Waals surface area contributed by atoms with E-state index in [1.807, 2.05) is 0 Å². The van der Waals surface area contributed by atoms with E-state index in [0.717, 1.165) is 24.4 Å². The molecule has 0 aliphatic heterocycles. The molecule has 154 valence electrons. The van der Waals surface area contributed by atoms with E-state index in [2.05, 4.69) is 45.6 Å². The van der Waals surface area contributed by atoms with Crippen molar-refractivity contribution in [1.29, 1.82) is 0 Å². The summed E-state index contributed by atoms with van der Waals surface area (Å²) in [5.74, 6) is 2.64. The summed E-state index contributed by atoms with van der Waals surface area (Å²) in [6, 6.07) is 0. The second-order valence-corrected chi connectivity index (χ2v) is 14.1. The van der Waals surface area contributed by atoms with Crippen molar-refractivity contribution < 1.29 is 4.43 Å². The fraction of sp³-hybridized carbons (Fsp3) is 0.917. The normalized spacial score (nSPS) is 22.3. The molecule has 1 unspecified atom stereocenters. The fourth-order valence-electron chi connectivity index (χ4n) is 4.25. The zero-order valence-electron chi connectivity index (χ0n) is 18.7. The Kier molecular flexibility index (Phi) is 12.9. The van der Waals surface area contributed by atoms with E-state index in [-0.39, 0.29) is 0 Å². The predicted octanol–water partition coefficient (Wildman–Crippen LogP) is 8.37. The molecule has 0 heterocycles. The highest BCUT2D eigenvalue weighted by Crippen LogP contribution is 2.36. The SMILES string of the molecule is CCCCCCC=C[C@H]1CCC[C@@H]1CCCCC(CC)CO[Si](C)(C)C. The van der Waals surface area contributed by atoms with Gasteiger partial charge in [0.25, 0.3) is 0 Å². The van der Waals surface area contributed by atoms with Crippen LogP contribution in [0.15, 0.2) is 12.2 Å². The standard InChI is InChI=1S/C24H48OSi/c1-6-8-9-10-11-12-17-23-19-15-20-24(23)18-14-13-16-22(7-2)21-25-26(3,4)5/h12,17,22-24H,6-11,13-16,18-21H2,1-5H3/t22?,23-,24-/m0/s1. The minimum Gasteiger partial charge on any atom is -0.417 e. The number of hydrogen-bond acceptors (Lipinski definition) is 1. The molecule has 0 saturated heterocycles. The van der Waals surface area contributed by atoms with Crippen LogP contribution in [0.5, 0.6) is 0 Å². The van der Waals surface area contributed by atoms with E-state index in [9.17, 15) is 0 Å². The van der Waals surface area contributed by atoms with Gasteiger partial charge >= 0.3 is 0 Å². The maximum Gasteiger partial charge on any atom is 0.183 e. The van der Waals surface area contributed by atoms with Crippen molar-refractivity contribution in [3.05, 3.63) is 12.2 Å². The third-order valence-electron chi connectivity index (χ3n) is 6.09. The Bertz CT molecular complexity index is 358. The Hall–Kier alpha value is -0.0831. The van der Waals surface area contributed by atoms with Crippen LogP contribution in [-0.4, -0.2) is 14.9 Å². The van der Waals surface area contributed by atoms with E-state index in [1.165, 1.54) is 83.5 Å². The number of unbranched alkanes of at least 4 members (excludes halogenated alkanes) is 5. The van der Waals surface area contributed by atoms with Gasteiger partial charge in [0.2, 0.25) is 0 Å². The van der Waals surface area contributed by atoms with Gasteiger partial charge in [0, 0.05) is 6.61 Å². The molecule has 0 amide bonds. The Balaban J connectivity index is 2.17. The van der Waals surface area contributed by atoms with Crippen molar-refractivity contribution in [3.8, 4) is 0 Å². The van der Waals surface area contributed by atoms with Crippen molar-refractivity contribution >= 4 is 8.32 Å². The van der Waals surface area contributed by atoms with Gasteiger partial charge in [0.05, 0.1) is 0 Å². The average molecular weight is 381 g/mol. The summed E-state index contributed by atoms with van der Waals surface area (Å²) < 4.78 is 6.14. The van der Waals surface area contributed by atoms with Gasteiger partial charge in [-0.05, 0) is 75.9 Å². The Morgan fingerprint density at radius 3 is 2.50 bits per heavy atom. The lowest BCUT2D eigenvalue weighted by Crippen LogP contribution is -2.28. The van der Waals surface area contributed by atoms with Crippen LogP contribution in [0, 0.1) is 17.8 Å². The third kappa shape index (κ3) is 11.6. The molecule has 0 aromatic heterocycles. The first-order chi connectivity index (χ1) is 12.5. The zero-order chi connectivity index (χ0) is 19.3. The minimum absolute atomic E-state index is 0.782. The first kappa shape index (κ1) is 24.0. The molecule has 1 aliphatic rings. The smallest absolute Gasteiger partial charge is 0.183 e. The molecule has 2 heteroatoms. The molecule has 0 aromatic rings. The van der Waals surface area contributed by atoms with Crippen LogP contribution < -0.4 is 0 Å². The highest BCUT2D eigenvalue weighted by molar-refractivity contribution is 6.69. The molecule has 0 spiro atoms. The van der Waals surface area contributed by atoms with Crippen molar-refractivity contribution in [3.63, 3.8) is 0 Å². The Morgan fingerprint density at radius 1 is 1.00 bits per heavy atom. The summed E-state index contributed by atoms with van der Waals surface area (Å²) in [5.41, 5.74) is 0. The van der Waals surface area contributed by atoms with Crippen LogP contribution in [0.1, 0.15) is 97.3 Å². The topological polar surface area (TPSA) is 9.23 Å². The number of allylic oxidation sites excluding steroid dienone is 2. The molecular formula is C24H48OSi. The van der Waals surface area contributed by atoms with Gasteiger partial charge < -0.3 is 4.43 Å². The largest absolute Gasteiger partial charge is 0.417 e. The molecule has 0 N–H and O–H groups in total. The Morgan fingerprint density at radius 2 is 1.81 bits per heavy atom. The second kappa shape index (κ2) is 14.0. The molecule has 26 heavy (non-hydrogen) atoms. The molecule has 0 bridgehead atoms. The molecule has 1 rings (SSSR count). The van der Waals surface area contributed by atoms with E-state index in [4.69, 9.17) is 4.43 Å². The second-order valence-electron chi connectivity index (χ2n) is 9.61. The molecule has 1 nitrogen and oxygen atoms in total. The van der Waals surface area contributed by atoms with Crippen LogP contribution in [-0.2, 0) is 4.43 Å². The maximum atomic E-state index is 6.14. The maximum absolute atomic E-state index is 6.14. The minimum atomic E-state index is -1.35. The van der Waals surface area contributed by atoms with Crippen molar-refractivity contribution in [2.24, 2.45) is 17.8 Å². The van der Waals surface area contributed by atoms with E-state index < -0.39 is 8.32 Å². The van der Waals surface area contributed by atoms with Gasteiger partial charge in [-0.3, -0.25) is 0 Å². The summed E-state index contributed by atoms with van der Waals surface area (Å²) >= 11 is 0. The van der Waals surface area contributed by atoms with Crippen LogP contribution in [0.3, 0.4) is 0 Å². The van der Waals surface area contributed by atoms with Gasteiger partial charge in [0.15, 0.2) is 8.32 Å². The summed E-state index contributed by atoms with van der Waals surface area (Å²) in [4.78, 5) is 0. The average Bonchev–Trinajstić information content (AvgIpc) is 3.04. The van der Waals surface area contributed by atoms with Crippen LogP contribution in [0.25, 0.3) is 0 Å². The Labute approximate surface area is 166 Å². The molecule has 1 fully saturated rings. The van der Waals surface area contributed by atoms with Crippen LogP contribution in [0.4, 0.5) is 0 Å². The van der Waals surface area contributed by atoms with Crippen molar-refractivity contribution in [2.75, 3.05) is 6.61 Å². The summed E-state index contributed by atoms with van der Waals surface area (Å²) in [6.07, 6.45) is 23.2.